The number of aryl methyl sites for hydroxylation is 2. The minimum Gasteiger partial charge on any atom is -0.492 e. The summed E-state index contributed by atoms with van der Waals surface area (Å²) in [5.41, 5.74) is 2.30. The zero-order valence-electron chi connectivity index (χ0n) is 17.0. The van der Waals surface area contributed by atoms with E-state index < -0.39 is 0 Å². The number of thiazole rings is 1. The molecule has 0 bridgehead atoms. The summed E-state index contributed by atoms with van der Waals surface area (Å²) in [6.07, 6.45) is 2.22. The second-order valence-corrected chi connectivity index (χ2v) is 8.52. The van der Waals surface area contributed by atoms with Crippen molar-refractivity contribution in [3.05, 3.63) is 46.1 Å². The van der Waals surface area contributed by atoms with Gasteiger partial charge < -0.3 is 9.84 Å². The third-order valence-corrected chi connectivity index (χ3v) is 6.70. The molecule has 0 radical (unpaired) electrons. The maximum Gasteiger partial charge on any atom is 0.308 e. The van der Waals surface area contributed by atoms with Crippen LogP contribution in [0.5, 0.6) is 5.88 Å². The first-order valence-corrected chi connectivity index (χ1v) is 10.8. The summed E-state index contributed by atoms with van der Waals surface area (Å²) >= 11 is 1.48. The number of benzene rings is 1. The second kappa shape index (κ2) is 8.12. The van der Waals surface area contributed by atoms with Gasteiger partial charge in [-0.15, -0.1) is 5.10 Å². The zero-order valence-corrected chi connectivity index (χ0v) is 17.8. The van der Waals surface area contributed by atoms with Gasteiger partial charge in [-0.1, -0.05) is 48.1 Å². The van der Waals surface area contributed by atoms with Gasteiger partial charge in [0, 0.05) is 6.42 Å². The quantitative estimate of drug-likeness (QED) is 0.645. The van der Waals surface area contributed by atoms with Gasteiger partial charge in [0.25, 0.3) is 0 Å². The normalized spacial score (nSPS) is 16.9. The second-order valence-electron chi connectivity index (χ2n) is 7.51. The molecule has 1 saturated heterocycles. The molecule has 4 rings (SSSR count). The van der Waals surface area contributed by atoms with E-state index in [4.69, 9.17) is 4.74 Å². The molecule has 154 valence electrons. The van der Waals surface area contributed by atoms with Crippen LogP contribution in [0.25, 0.3) is 4.96 Å². The Morgan fingerprint density at radius 2 is 2.00 bits per heavy atom. The van der Waals surface area contributed by atoms with Gasteiger partial charge >= 0.3 is 5.97 Å². The molecule has 0 saturated carbocycles. The van der Waals surface area contributed by atoms with Crippen molar-refractivity contribution < 1.29 is 14.6 Å². The van der Waals surface area contributed by atoms with Crippen LogP contribution in [0.2, 0.25) is 0 Å². The number of hydrogen-bond donors (Lipinski definition) is 1. The van der Waals surface area contributed by atoms with Crippen LogP contribution >= 0.6 is 11.3 Å². The molecule has 1 aromatic carbocycles. The number of methoxy groups -OCH3 is 1. The van der Waals surface area contributed by atoms with E-state index in [1.54, 1.807) is 4.52 Å². The summed E-state index contributed by atoms with van der Waals surface area (Å²) in [6, 6.07) is 8.30. The predicted molar refractivity (Wildman–Crippen MR) is 111 cm³/mol. The molecule has 0 spiro atoms. The number of likely N-dealkylation sites (tertiary alicyclic amines) is 1. The Morgan fingerprint density at radius 1 is 1.31 bits per heavy atom. The van der Waals surface area contributed by atoms with E-state index >= 15 is 0 Å². The third kappa shape index (κ3) is 3.74. The van der Waals surface area contributed by atoms with Crippen molar-refractivity contribution in [2.45, 2.75) is 39.2 Å². The van der Waals surface area contributed by atoms with Crippen molar-refractivity contribution in [2.24, 2.45) is 5.92 Å². The molecule has 1 aliphatic heterocycles. The zero-order chi connectivity index (χ0) is 20.5. The van der Waals surface area contributed by atoms with Crippen molar-refractivity contribution in [3.63, 3.8) is 0 Å². The Hall–Kier alpha value is -2.45. The van der Waals surface area contributed by atoms with Crippen LogP contribution in [-0.2, 0) is 16.0 Å². The molecular formula is C21H26N4O3S. The maximum absolute atomic E-state index is 11.9. The number of hydrogen-bond acceptors (Lipinski definition) is 7. The lowest BCUT2D eigenvalue weighted by molar-refractivity contribution is -0.147. The van der Waals surface area contributed by atoms with Crippen LogP contribution < -0.4 is 0 Å². The summed E-state index contributed by atoms with van der Waals surface area (Å²) in [5, 5.41) is 15.4. The standard InChI is InChI=1S/C21H26N4O3S/c1-4-16-22-21-25(23-16)19(26)18(29-21)17(14-7-5-13(2)6-8-14)24-11-9-15(10-12-24)20(27)28-3/h5-8,15,17,26H,4,9-12H2,1-3H3. The van der Waals surface area contributed by atoms with E-state index in [2.05, 4.69) is 46.2 Å². The highest BCUT2D eigenvalue weighted by molar-refractivity contribution is 7.17. The molecule has 1 N–H and O–H groups in total. The first-order valence-electron chi connectivity index (χ1n) is 9.97. The molecule has 8 heteroatoms. The highest BCUT2D eigenvalue weighted by Crippen LogP contribution is 2.41. The number of aromatic hydroxyl groups is 1. The number of aromatic nitrogens is 3. The average Bonchev–Trinajstić information content (AvgIpc) is 3.29. The maximum atomic E-state index is 11.9. The lowest BCUT2D eigenvalue weighted by Crippen LogP contribution is -2.39. The van der Waals surface area contributed by atoms with Crippen molar-refractivity contribution in [1.82, 2.24) is 19.5 Å². The summed E-state index contributed by atoms with van der Waals surface area (Å²) in [6.45, 7) is 5.57. The number of carbonyl (C=O) groups is 1. The molecule has 3 aromatic rings. The summed E-state index contributed by atoms with van der Waals surface area (Å²) in [5.74, 6) is 0.685. The number of nitrogens with zero attached hydrogens (tertiary/aromatic N) is 4. The van der Waals surface area contributed by atoms with Crippen LogP contribution in [-0.4, -0.2) is 50.8 Å². The van der Waals surface area contributed by atoms with Gasteiger partial charge in [-0.25, -0.2) is 4.98 Å². The number of esters is 1. The monoisotopic (exact) mass is 414 g/mol. The van der Waals surface area contributed by atoms with Gasteiger partial charge in [0.1, 0.15) is 0 Å². The topological polar surface area (TPSA) is 80.0 Å². The van der Waals surface area contributed by atoms with E-state index in [9.17, 15) is 9.90 Å². The van der Waals surface area contributed by atoms with E-state index in [1.165, 1.54) is 24.0 Å². The van der Waals surface area contributed by atoms with Crippen molar-refractivity contribution in [1.29, 1.82) is 0 Å². The molecule has 3 heterocycles. The smallest absolute Gasteiger partial charge is 0.308 e. The van der Waals surface area contributed by atoms with E-state index in [0.717, 1.165) is 48.6 Å². The van der Waals surface area contributed by atoms with Crippen LogP contribution in [0.1, 0.15) is 47.6 Å². The van der Waals surface area contributed by atoms with Crippen molar-refractivity contribution in [2.75, 3.05) is 20.2 Å². The molecule has 0 amide bonds. The Labute approximate surface area is 173 Å². The van der Waals surface area contributed by atoms with Gasteiger partial charge in [-0.3, -0.25) is 9.69 Å². The summed E-state index contributed by atoms with van der Waals surface area (Å²) in [7, 11) is 1.45. The lowest BCUT2D eigenvalue weighted by atomic mass is 9.93. The predicted octanol–water partition coefficient (Wildman–Crippen LogP) is 3.34. The van der Waals surface area contributed by atoms with Gasteiger partial charge in [0.2, 0.25) is 10.8 Å². The fraction of sp³-hybridized carbons (Fsp3) is 0.476. The molecular weight excluding hydrogens is 388 g/mol. The number of piperidine rings is 1. The van der Waals surface area contributed by atoms with E-state index in [0.29, 0.717) is 4.96 Å². The minimum absolute atomic E-state index is 0.0575. The molecule has 1 atom stereocenters. The largest absolute Gasteiger partial charge is 0.492 e. The first kappa shape index (κ1) is 19.8. The van der Waals surface area contributed by atoms with Crippen LogP contribution in [0.4, 0.5) is 0 Å². The van der Waals surface area contributed by atoms with Gasteiger partial charge in [0.05, 0.1) is 23.9 Å². The molecule has 0 aliphatic carbocycles. The first-order chi connectivity index (χ1) is 14.0. The number of ether oxygens (including phenoxy) is 1. The SMILES string of the molecule is CCc1nc2sc(C(c3ccc(C)cc3)N3CCC(C(=O)OC)CC3)c(O)n2n1. The molecule has 1 fully saturated rings. The lowest BCUT2D eigenvalue weighted by Gasteiger charge is -2.36. The number of rotatable bonds is 5. The fourth-order valence-corrected chi connectivity index (χ4v) is 5.09. The third-order valence-electron chi connectivity index (χ3n) is 5.63. The van der Waals surface area contributed by atoms with Crippen LogP contribution in [0.3, 0.4) is 0 Å². The minimum atomic E-state index is -0.134. The molecule has 29 heavy (non-hydrogen) atoms. The average molecular weight is 415 g/mol. The van der Waals surface area contributed by atoms with Crippen LogP contribution in [0, 0.1) is 12.8 Å². The Balaban J connectivity index is 1.70. The molecule has 2 aromatic heterocycles. The van der Waals surface area contributed by atoms with Gasteiger partial charge in [-0.2, -0.15) is 4.52 Å². The van der Waals surface area contributed by atoms with Crippen molar-refractivity contribution >= 4 is 22.3 Å². The van der Waals surface area contributed by atoms with Crippen molar-refractivity contribution in [3.8, 4) is 5.88 Å². The van der Waals surface area contributed by atoms with E-state index in [-0.39, 0.29) is 23.8 Å². The highest BCUT2D eigenvalue weighted by atomic mass is 32.1. The number of fused-ring (bicyclic) bond motifs is 1. The van der Waals surface area contributed by atoms with Gasteiger partial charge in [-0.05, 0) is 38.4 Å². The highest BCUT2D eigenvalue weighted by Gasteiger charge is 2.34. The Kier molecular flexibility index (Phi) is 5.56. The number of carbonyl (C=O) groups excluding carboxylic acids is 1. The van der Waals surface area contributed by atoms with Gasteiger partial charge in [0.15, 0.2) is 5.82 Å². The molecule has 1 aliphatic rings. The molecule has 1 unspecified atom stereocenters. The molecule has 7 nitrogen and oxygen atoms in total. The Bertz CT molecular complexity index is 1000. The fourth-order valence-electron chi connectivity index (χ4n) is 3.96. The Morgan fingerprint density at radius 3 is 2.59 bits per heavy atom. The summed E-state index contributed by atoms with van der Waals surface area (Å²) in [4.78, 5) is 20.3. The van der Waals surface area contributed by atoms with E-state index in [1.807, 2.05) is 6.92 Å². The van der Waals surface area contributed by atoms with Crippen LogP contribution in [0.15, 0.2) is 24.3 Å². The summed E-state index contributed by atoms with van der Waals surface area (Å²) < 4.78 is 6.47.